The smallest absolute Gasteiger partial charge is 0.230 e. The van der Waals surface area contributed by atoms with Gasteiger partial charge in [-0.25, -0.2) is 0 Å². The fourth-order valence-corrected chi connectivity index (χ4v) is 2.70. The zero-order valence-electron chi connectivity index (χ0n) is 14.8. The molecule has 23 heavy (non-hydrogen) atoms. The molecule has 1 aromatic rings. The summed E-state index contributed by atoms with van der Waals surface area (Å²) in [5.74, 6) is 1.44. The first-order chi connectivity index (χ1) is 10.9. The maximum Gasteiger partial charge on any atom is 0.230 e. The summed E-state index contributed by atoms with van der Waals surface area (Å²) >= 11 is 0. The molecule has 1 aliphatic heterocycles. The monoisotopic (exact) mass is 318 g/mol. The fraction of sp³-hybridized carbons (Fsp3) is 0.632. The number of rotatable bonds is 6. The molecule has 0 aromatic heterocycles. The molecular weight excluding hydrogens is 288 g/mol. The molecule has 1 amide bonds. The normalized spacial score (nSPS) is 18.7. The highest BCUT2D eigenvalue weighted by atomic mass is 16.5. The van der Waals surface area contributed by atoms with E-state index < -0.39 is 5.41 Å². The number of carbonyl (C=O) groups is 1. The van der Waals surface area contributed by atoms with Gasteiger partial charge in [0.05, 0.1) is 12.0 Å². The molecule has 0 unspecified atom stereocenters. The van der Waals surface area contributed by atoms with Gasteiger partial charge in [0, 0.05) is 12.6 Å². The number of piperidine rings is 1. The zero-order chi connectivity index (χ0) is 16.9. The van der Waals surface area contributed by atoms with Gasteiger partial charge in [0.1, 0.15) is 5.75 Å². The second kappa shape index (κ2) is 7.82. The summed E-state index contributed by atoms with van der Waals surface area (Å²) in [4.78, 5) is 12.7. The van der Waals surface area contributed by atoms with Crippen LogP contribution in [0.5, 0.6) is 5.75 Å². The van der Waals surface area contributed by atoms with Crippen molar-refractivity contribution < 1.29 is 9.53 Å². The minimum Gasteiger partial charge on any atom is -0.493 e. The number of hydrogen-bond donors (Lipinski definition) is 2. The number of amides is 1. The van der Waals surface area contributed by atoms with Crippen LogP contribution in [-0.4, -0.2) is 31.6 Å². The van der Waals surface area contributed by atoms with Crippen molar-refractivity contribution >= 4 is 5.91 Å². The lowest BCUT2D eigenvalue weighted by molar-refractivity contribution is -0.126. The largest absolute Gasteiger partial charge is 0.493 e. The molecule has 128 valence electrons. The Morgan fingerprint density at radius 3 is 2.61 bits per heavy atom. The van der Waals surface area contributed by atoms with Crippen LogP contribution in [0.4, 0.5) is 0 Å². The van der Waals surface area contributed by atoms with Crippen molar-refractivity contribution in [1.82, 2.24) is 10.6 Å². The summed E-state index contributed by atoms with van der Waals surface area (Å²) in [5.41, 5.74) is 0.462. The quantitative estimate of drug-likeness (QED) is 0.848. The molecule has 0 spiro atoms. The molecule has 4 heteroatoms. The zero-order valence-corrected chi connectivity index (χ0v) is 14.8. The second-order valence-corrected chi connectivity index (χ2v) is 7.37. The fourth-order valence-electron chi connectivity index (χ4n) is 2.70. The molecule has 1 fully saturated rings. The first kappa shape index (κ1) is 17.8. The van der Waals surface area contributed by atoms with Gasteiger partial charge in [-0.1, -0.05) is 26.0 Å². The molecule has 0 aliphatic carbocycles. The van der Waals surface area contributed by atoms with E-state index in [1.54, 1.807) is 0 Å². The first-order valence-electron chi connectivity index (χ1n) is 8.64. The number of ether oxygens (including phenoxy) is 1. The number of carbonyl (C=O) groups excluding carboxylic acids is 1. The topological polar surface area (TPSA) is 50.4 Å². The highest BCUT2D eigenvalue weighted by Crippen LogP contribution is 2.26. The Labute approximate surface area is 140 Å². The standard InChI is InChI=1S/C19H30N2O2/c1-14(2)13-23-17-9-7-15(8-10-17)19(3,4)18(22)21-16-6-5-11-20-12-16/h7-10,14,16,20H,5-6,11-13H2,1-4H3,(H,21,22)/t16-/m0/s1. The summed E-state index contributed by atoms with van der Waals surface area (Å²) in [6.07, 6.45) is 2.17. The predicted octanol–water partition coefficient (Wildman–Crippen LogP) is 2.87. The van der Waals surface area contributed by atoms with E-state index >= 15 is 0 Å². The summed E-state index contributed by atoms with van der Waals surface area (Å²) < 4.78 is 5.71. The van der Waals surface area contributed by atoms with Crippen molar-refractivity contribution in [3.05, 3.63) is 29.8 Å². The highest BCUT2D eigenvalue weighted by Gasteiger charge is 2.31. The van der Waals surface area contributed by atoms with E-state index in [4.69, 9.17) is 4.74 Å². The number of nitrogens with one attached hydrogen (secondary N) is 2. The minimum atomic E-state index is -0.548. The Kier molecular flexibility index (Phi) is 6.05. The van der Waals surface area contributed by atoms with Crippen molar-refractivity contribution in [2.24, 2.45) is 5.92 Å². The Morgan fingerprint density at radius 2 is 2.04 bits per heavy atom. The summed E-state index contributed by atoms with van der Waals surface area (Å²) in [6.45, 7) is 10.8. The predicted molar refractivity (Wildman–Crippen MR) is 93.8 cm³/mol. The van der Waals surface area contributed by atoms with Crippen LogP contribution in [0.25, 0.3) is 0 Å². The molecule has 1 heterocycles. The molecule has 1 aromatic carbocycles. The molecule has 0 saturated carbocycles. The van der Waals surface area contributed by atoms with Crippen LogP contribution >= 0.6 is 0 Å². The SMILES string of the molecule is CC(C)COc1ccc(C(C)(C)C(=O)N[C@H]2CCCNC2)cc1. The van der Waals surface area contributed by atoms with E-state index in [-0.39, 0.29) is 11.9 Å². The van der Waals surface area contributed by atoms with Gasteiger partial charge in [0.25, 0.3) is 0 Å². The van der Waals surface area contributed by atoms with Crippen molar-refractivity contribution in [2.75, 3.05) is 19.7 Å². The maximum absolute atomic E-state index is 12.7. The van der Waals surface area contributed by atoms with E-state index in [1.807, 2.05) is 38.1 Å². The van der Waals surface area contributed by atoms with Crippen LogP contribution in [0.1, 0.15) is 46.1 Å². The van der Waals surface area contributed by atoms with E-state index in [1.165, 1.54) is 0 Å². The van der Waals surface area contributed by atoms with E-state index in [0.717, 1.165) is 37.2 Å². The molecule has 0 bridgehead atoms. The van der Waals surface area contributed by atoms with Crippen molar-refractivity contribution in [1.29, 1.82) is 0 Å². The third-order valence-corrected chi connectivity index (χ3v) is 4.36. The van der Waals surface area contributed by atoms with Crippen molar-refractivity contribution in [2.45, 2.75) is 52.0 Å². The average molecular weight is 318 g/mol. The number of hydrogen-bond acceptors (Lipinski definition) is 3. The molecule has 2 N–H and O–H groups in total. The van der Waals surface area contributed by atoms with Crippen LogP contribution in [0.3, 0.4) is 0 Å². The van der Waals surface area contributed by atoms with Crippen LogP contribution in [0, 0.1) is 5.92 Å². The highest BCUT2D eigenvalue weighted by molar-refractivity contribution is 5.87. The average Bonchev–Trinajstić information content (AvgIpc) is 2.54. The van der Waals surface area contributed by atoms with E-state index in [0.29, 0.717) is 12.5 Å². The van der Waals surface area contributed by atoms with Gasteiger partial charge in [-0.15, -0.1) is 0 Å². The van der Waals surface area contributed by atoms with Crippen LogP contribution in [0.15, 0.2) is 24.3 Å². The van der Waals surface area contributed by atoms with E-state index in [9.17, 15) is 4.79 Å². The summed E-state index contributed by atoms with van der Waals surface area (Å²) in [6, 6.07) is 8.14. The van der Waals surface area contributed by atoms with Gasteiger partial charge in [-0.3, -0.25) is 4.79 Å². The molecule has 2 rings (SSSR count). The van der Waals surface area contributed by atoms with Gasteiger partial charge >= 0.3 is 0 Å². The summed E-state index contributed by atoms with van der Waals surface area (Å²) in [7, 11) is 0. The second-order valence-electron chi connectivity index (χ2n) is 7.37. The number of benzene rings is 1. The Bertz CT molecular complexity index is 503. The van der Waals surface area contributed by atoms with Gasteiger partial charge in [0.2, 0.25) is 5.91 Å². The van der Waals surface area contributed by atoms with Crippen LogP contribution in [0.2, 0.25) is 0 Å². The Hall–Kier alpha value is -1.55. The lowest BCUT2D eigenvalue weighted by atomic mass is 9.83. The van der Waals surface area contributed by atoms with Crippen molar-refractivity contribution in [3.8, 4) is 5.75 Å². The van der Waals surface area contributed by atoms with Gasteiger partial charge < -0.3 is 15.4 Å². The lowest BCUT2D eigenvalue weighted by Gasteiger charge is -2.30. The van der Waals surface area contributed by atoms with Gasteiger partial charge in [0.15, 0.2) is 0 Å². The maximum atomic E-state index is 12.7. The Balaban J connectivity index is 1.98. The molecule has 1 saturated heterocycles. The molecule has 1 atom stereocenters. The molecule has 4 nitrogen and oxygen atoms in total. The molecule has 0 radical (unpaired) electrons. The third-order valence-electron chi connectivity index (χ3n) is 4.36. The van der Waals surface area contributed by atoms with Crippen LogP contribution < -0.4 is 15.4 Å². The minimum absolute atomic E-state index is 0.0852. The summed E-state index contributed by atoms with van der Waals surface area (Å²) in [5, 5.41) is 6.51. The lowest BCUT2D eigenvalue weighted by Crippen LogP contribution is -2.50. The van der Waals surface area contributed by atoms with E-state index in [2.05, 4.69) is 24.5 Å². The van der Waals surface area contributed by atoms with Crippen molar-refractivity contribution in [3.63, 3.8) is 0 Å². The Morgan fingerprint density at radius 1 is 1.35 bits per heavy atom. The van der Waals surface area contributed by atoms with Crippen LogP contribution in [-0.2, 0) is 10.2 Å². The van der Waals surface area contributed by atoms with Gasteiger partial charge in [-0.2, -0.15) is 0 Å². The molecular formula is C19H30N2O2. The third kappa shape index (κ3) is 4.96. The first-order valence-corrected chi connectivity index (χ1v) is 8.64. The molecule has 1 aliphatic rings. The van der Waals surface area contributed by atoms with Gasteiger partial charge in [-0.05, 0) is 56.8 Å².